The lowest BCUT2D eigenvalue weighted by atomic mass is 9.99. The van der Waals surface area contributed by atoms with Crippen LogP contribution < -0.4 is 5.32 Å². The highest BCUT2D eigenvalue weighted by Crippen LogP contribution is 2.31. The van der Waals surface area contributed by atoms with Gasteiger partial charge in [-0.25, -0.2) is 0 Å². The molecule has 1 aromatic carbocycles. The Bertz CT molecular complexity index is 761. The van der Waals surface area contributed by atoms with Gasteiger partial charge in [-0.15, -0.1) is 0 Å². The summed E-state index contributed by atoms with van der Waals surface area (Å²) in [5.74, 6) is 0. The second kappa shape index (κ2) is 6.79. The van der Waals surface area contributed by atoms with E-state index in [-0.39, 0.29) is 0 Å². The molecule has 3 nitrogen and oxygen atoms in total. The van der Waals surface area contributed by atoms with Crippen LogP contribution in [0.15, 0.2) is 53.4 Å². The van der Waals surface area contributed by atoms with E-state index in [2.05, 4.69) is 57.5 Å². The van der Waals surface area contributed by atoms with Crippen molar-refractivity contribution >= 4 is 22.2 Å². The summed E-state index contributed by atoms with van der Waals surface area (Å²) in [7, 11) is 0. The fourth-order valence-electron chi connectivity index (χ4n) is 3.41. The minimum atomic E-state index is 0.304. The number of hydrogen-bond donors (Lipinski definition) is 1. The quantitative estimate of drug-likeness (QED) is 0.797. The van der Waals surface area contributed by atoms with Gasteiger partial charge in [-0.2, -0.15) is 11.3 Å². The topological polar surface area (TPSA) is 28.2 Å². The van der Waals surface area contributed by atoms with E-state index in [0.29, 0.717) is 6.04 Å². The monoisotopic (exact) mass is 323 g/mol. The Labute approximate surface area is 141 Å². The minimum Gasteiger partial charge on any atom is -0.315 e. The van der Waals surface area contributed by atoms with Crippen LogP contribution in [-0.4, -0.2) is 36.1 Å². The second-order valence-corrected chi connectivity index (χ2v) is 6.84. The van der Waals surface area contributed by atoms with Gasteiger partial charge in [0, 0.05) is 31.2 Å². The molecule has 1 saturated heterocycles. The summed E-state index contributed by atoms with van der Waals surface area (Å²) < 4.78 is 0. The van der Waals surface area contributed by atoms with Gasteiger partial charge in [-0.1, -0.05) is 18.2 Å². The molecule has 0 saturated carbocycles. The summed E-state index contributed by atoms with van der Waals surface area (Å²) in [6, 6.07) is 13.2. The molecule has 0 aliphatic carbocycles. The standard InChI is InChI=1S/C19H21N3S/c1-2-5-18-15(4-1)12-17(13-21-18)19(16-6-11-23-14-16)22-9-3-7-20-8-10-22/h1-2,4-6,11-14,19-20H,3,7-10H2. The molecule has 3 aromatic rings. The van der Waals surface area contributed by atoms with Gasteiger partial charge in [-0.05, 0) is 53.1 Å². The summed E-state index contributed by atoms with van der Waals surface area (Å²) >= 11 is 1.77. The zero-order valence-electron chi connectivity index (χ0n) is 13.1. The van der Waals surface area contributed by atoms with Crippen molar-refractivity contribution in [1.82, 2.24) is 15.2 Å². The van der Waals surface area contributed by atoms with Gasteiger partial charge >= 0.3 is 0 Å². The van der Waals surface area contributed by atoms with E-state index >= 15 is 0 Å². The zero-order valence-corrected chi connectivity index (χ0v) is 13.9. The van der Waals surface area contributed by atoms with Gasteiger partial charge in [0.1, 0.15) is 0 Å². The second-order valence-electron chi connectivity index (χ2n) is 6.06. The largest absolute Gasteiger partial charge is 0.315 e. The Morgan fingerprint density at radius 3 is 2.96 bits per heavy atom. The smallest absolute Gasteiger partial charge is 0.0702 e. The molecule has 4 rings (SSSR count). The Balaban J connectivity index is 1.76. The number of pyridine rings is 1. The maximum Gasteiger partial charge on any atom is 0.0702 e. The normalized spacial score (nSPS) is 17.9. The van der Waals surface area contributed by atoms with Crippen molar-refractivity contribution in [2.24, 2.45) is 0 Å². The van der Waals surface area contributed by atoms with Crippen molar-refractivity contribution in [1.29, 1.82) is 0 Å². The first-order valence-corrected chi connectivity index (χ1v) is 9.18. The van der Waals surface area contributed by atoms with Crippen molar-refractivity contribution in [3.63, 3.8) is 0 Å². The van der Waals surface area contributed by atoms with Crippen LogP contribution in [0.5, 0.6) is 0 Å². The number of nitrogens with one attached hydrogen (secondary N) is 1. The molecule has 0 bridgehead atoms. The molecule has 1 atom stereocenters. The number of rotatable bonds is 3. The number of nitrogens with zero attached hydrogens (tertiary/aromatic N) is 2. The number of aromatic nitrogens is 1. The van der Waals surface area contributed by atoms with Gasteiger partial charge in [0.25, 0.3) is 0 Å². The first-order valence-electron chi connectivity index (χ1n) is 8.23. The molecule has 23 heavy (non-hydrogen) atoms. The number of benzene rings is 1. The maximum atomic E-state index is 4.69. The Kier molecular flexibility index (Phi) is 4.37. The predicted molar refractivity (Wildman–Crippen MR) is 97.0 cm³/mol. The first-order chi connectivity index (χ1) is 11.4. The Hall–Kier alpha value is -1.75. The fraction of sp³-hybridized carbons (Fsp3) is 0.316. The van der Waals surface area contributed by atoms with Gasteiger partial charge in [0.2, 0.25) is 0 Å². The van der Waals surface area contributed by atoms with Crippen LogP contribution in [0.1, 0.15) is 23.6 Å². The molecular formula is C19H21N3S. The average molecular weight is 323 g/mol. The third-order valence-electron chi connectivity index (χ3n) is 4.53. The van der Waals surface area contributed by atoms with E-state index in [9.17, 15) is 0 Å². The van der Waals surface area contributed by atoms with E-state index in [1.165, 1.54) is 22.9 Å². The number of hydrogen-bond acceptors (Lipinski definition) is 4. The van der Waals surface area contributed by atoms with E-state index in [1.807, 2.05) is 6.07 Å². The lowest BCUT2D eigenvalue weighted by Crippen LogP contribution is -2.32. The highest BCUT2D eigenvalue weighted by molar-refractivity contribution is 7.08. The van der Waals surface area contributed by atoms with Crippen molar-refractivity contribution in [3.8, 4) is 0 Å². The molecule has 1 aliphatic heterocycles. The summed E-state index contributed by atoms with van der Waals surface area (Å²) in [6.45, 7) is 4.37. The van der Waals surface area contributed by atoms with Gasteiger partial charge in [-0.3, -0.25) is 9.88 Å². The van der Waals surface area contributed by atoms with Gasteiger partial charge in [0.15, 0.2) is 0 Å². The Morgan fingerprint density at radius 1 is 1.09 bits per heavy atom. The maximum absolute atomic E-state index is 4.69. The zero-order chi connectivity index (χ0) is 15.5. The van der Waals surface area contributed by atoms with Crippen LogP contribution in [-0.2, 0) is 0 Å². The van der Waals surface area contributed by atoms with Crippen LogP contribution >= 0.6 is 11.3 Å². The van der Waals surface area contributed by atoms with Crippen LogP contribution in [0.4, 0.5) is 0 Å². The lowest BCUT2D eigenvalue weighted by Gasteiger charge is -2.30. The van der Waals surface area contributed by atoms with Crippen LogP contribution in [0.3, 0.4) is 0 Å². The molecule has 1 unspecified atom stereocenters. The summed E-state index contributed by atoms with van der Waals surface area (Å²) in [5.41, 5.74) is 3.75. The average Bonchev–Trinajstić information content (AvgIpc) is 2.98. The molecule has 2 aromatic heterocycles. The summed E-state index contributed by atoms with van der Waals surface area (Å²) in [5, 5.41) is 9.17. The highest BCUT2D eigenvalue weighted by atomic mass is 32.1. The van der Waals surface area contributed by atoms with Crippen molar-refractivity contribution in [2.45, 2.75) is 12.5 Å². The summed E-state index contributed by atoms with van der Waals surface area (Å²) in [6.07, 6.45) is 3.25. The molecule has 1 aliphatic rings. The molecule has 118 valence electrons. The molecule has 1 N–H and O–H groups in total. The minimum absolute atomic E-state index is 0.304. The molecule has 4 heteroatoms. The fourth-order valence-corrected chi connectivity index (χ4v) is 4.09. The number of thiophene rings is 1. The van der Waals surface area contributed by atoms with Crippen LogP contribution in [0.2, 0.25) is 0 Å². The third-order valence-corrected chi connectivity index (χ3v) is 5.23. The van der Waals surface area contributed by atoms with Gasteiger partial charge < -0.3 is 5.32 Å². The Morgan fingerprint density at radius 2 is 2.04 bits per heavy atom. The first kappa shape index (κ1) is 14.8. The molecular weight excluding hydrogens is 302 g/mol. The SMILES string of the molecule is c1ccc2ncc(C(c3ccsc3)N3CCCNCC3)cc2c1. The van der Waals surface area contributed by atoms with Crippen molar-refractivity contribution < 1.29 is 0 Å². The molecule has 0 amide bonds. The van der Waals surface area contributed by atoms with Crippen molar-refractivity contribution in [2.75, 3.05) is 26.2 Å². The highest BCUT2D eigenvalue weighted by Gasteiger charge is 2.24. The van der Waals surface area contributed by atoms with E-state index in [1.54, 1.807) is 11.3 Å². The van der Waals surface area contributed by atoms with Gasteiger partial charge in [0.05, 0.1) is 11.6 Å². The van der Waals surface area contributed by atoms with E-state index in [0.717, 1.165) is 31.7 Å². The molecule has 1 fully saturated rings. The third kappa shape index (κ3) is 3.15. The number of fused-ring (bicyclic) bond motifs is 1. The van der Waals surface area contributed by atoms with Crippen molar-refractivity contribution in [3.05, 3.63) is 64.5 Å². The molecule has 3 heterocycles. The molecule has 0 spiro atoms. The number of para-hydroxylation sites is 1. The predicted octanol–water partition coefficient (Wildman–Crippen LogP) is 3.68. The van der Waals surface area contributed by atoms with E-state index in [4.69, 9.17) is 4.98 Å². The lowest BCUT2D eigenvalue weighted by molar-refractivity contribution is 0.241. The van der Waals surface area contributed by atoms with E-state index < -0.39 is 0 Å². The van der Waals surface area contributed by atoms with Crippen LogP contribution in [0.25, 0.3) is 10.9 Å². The molecule has 0 radical (unpaired) electrons. The summed E-state index contributed by atoms with van der Waals surface area (Å²) in [4.78, 5) is 7.28. The van der Waals surface area contributed by atoms with Crippen LogP contribution in [0, 0.1) is 0 Å².